The molecule has 0 radical (unpaired) electrons. The van der Waals surface area contributed by atoms with Crippen LogP contribution >= 0.6 is 0 Å². The van der Waals surface area contributed by atoms with Crippen molar-refractivity contribution in [2.24, 2.45) is 0 Å². The van der Waals surface area contributed by atoms with Crippen molar-refractivity contribution in [1.82, 2.24) is 0 Å². The highest BCUT2D eigenvalue weighted by Crippen LogP contribution is 2.19. The standard InChI is InChI=1S/C16H11NO/c17-15-11-10-14(12-16(15)18)9-5-4-8-13-6-2-1-3-7-13/h1-3,6-7,10-12,18H,17H2. The average Bonchev–Trinajstić information content (AvgIpc) is 2.40. The second-order valence-corrected chi connectivity index (χ2v) is 3.64. The number of aromatic hydroxyl groups is 1. The van der Waals surface area contributed by atoms with Crippen LogP contribution in [0.25, 0.3) is 0 Å². The third-order valence-corrected chi connectivity index (χ3v) is 2.28. The summed E-state index contributed by atoms with van der Waals surface area (Å²) in [5, 5.41) is 9.41. The van der Waals surface area contributed by atoms with Gasteiger partial charge in [0, 0.05) is 11.1 Å². The summed E-state index contributed by atoms with van der Waals surface area (Å²) in [5.41, 5.74) is 7.44. The zero-order valence-corrected chi connectivity index (χ0v) is 9.64. The van der Waals surface area contributed by atoms with E-state index in [0.717, 1.165) is 5.56 Å². The van der Waals surface area contributed by atoms with E-state index in [1.807, 2.05) is 30.3 Å². The van der Waals surface area contributed by atoms with Crippen molar-refractivity contribution < 1.29 is 5.11 Å². The summed E-state index contributed by atoms with van der Waals surface area (Å²) in [4.78, 5) is 0. The van der Waals surface area contributed by atoms with Gasteiger partial charge in [-0.1, -0.05) is 30.0 Å². The first-order valence-corrected chi connectivity index (χ1v) is 5.41. The van der Waals surface area contributed by atoms with Gasteiger partial charge in [-0.05, 0) is 42.2 Å². The van der Waals surface area contributed by atoms with Gasteiger partial charge >= 0.3 is 0 Å². The lowest BCUT2D eigenvalue weighted by molar-refractivity contribution is 0.478. The Bertz CT molecular complexity index is 667. The molecule has 0 atom stereocenters. The summed E-state index contributed by atoms with van der Waals surface area (Å²) in [6.07, 6.45) is 0. The highest BCUT2D eigenvalue weighted by Gasteiger charge is 1.95. The minimum atomic E-state index is 0.0396. The smallest absolute Gasteiger partial charge is 0.139 e. The van der Waals surface area contributed by atoms with Crippen molar-refractivity contribution in [3.05, 3.63) is 59.7 Å². The van der Waals surface area contributed by atoms with E-state index < -0.39 is 0 Å². The molecule has 2 aromatic rings. The molecule has 0 amide bonds. The monoisotopic (exact) mass is 233 g/mol. The molecule has 2 aromatic carbocycles. The van der Waals surface area contributed by atoms with E-state index in [0.29, 0.717) is 11.3 Å². The van der Waals surface area contributed by atoms with Crippen LogP contribution in [-0.4, -0.2) is 5.11 Å². The van der Waals surface area contributed by atoms with Gasteiger partial charge in [0.2, 0.25) is 0 Å². The predicted octanol–water partition coefficient (Wildman–Crippen LogP) is 2.38. The molecular formula is C16H11NO. The van der Waals surface area contributed by atoms with E-state index in [1.165, 1.54) is 6.07 Å². The summed E-state index contributed by atoms with van der Waals surface area (Å²) in [7, 11) is 0. The fourth-order valence-corrected chi connectivity index (χ4v) is 1.35. The maximum absolute atomic E-state index is 9.41. The van der Waals surface area contributed by atoms with Gasteiger partial charge in [-0.15, -0.1) is 0 Å². The van der Waals surface area contributed by atoms with Crippen LogP contribution in [0.1, 0.15) is 11.1 Å². The highest BCUT2D eigenvalue weighted by atomic mass is 16.3. The van der Waals surface area contributed by atoms with E-state index >= 15 is 0 Å². The summed E-state index contributed by atoms with van der Waals surface area (Å²) in [6, 6.07) is 14.5. The molecule has 0 unspecified atom stereocenters. The lowest BCUT2D eigenvalue weighted by Gasteiger charge is -1.96. The highest BCUT2D eigenvalue weighted by molar-refractivity contribution is 5.56. The third kappa shape index (κ3) is 3.07. The Morgan fingerprint density at radius 2 is 1.50 bits per heavy atom. The van der Waals surface area contributed by atoms with E-state index in [2.05, 4.69) is 23.7 Å². The van der Waals surface area contributed by atoms with Gasteiger partial charge in [0.15, 0.2) is 0 Å². The van der Waals surface area contributed by atoms with Crippen molar-refractivity contribution in [2.45, 2.75) is 0 Å². The second-order valence-electron chi connectivity index (χ2n) is 3.64. The van der Waals surface area contributed by atoms with E-state index in [9.17, 15) is 5.11 Å². The van der Waals surface area contributed by atoms with Gasteiger partial charge in [0.25, 0.3) is 0 Å². The SMILES string of the molecule is Nc1ccc(C#CC#Cc2ccccc2)cc1O. The van der Waals surface area contributed by atoms with Gasteiger partial charge in [-0.2, -0.15) is 0 Å². The first-order valence-electron chi connectivity index (χ1n) is 5.41. The van der Waals surface area contributed by atoms with Crippen LogP contribution in [0.4, 0.5) is 5.69 Å². The van der Waals surface area contributed by atoms with Crippen LogP contribution in [-0.2, 0) is 0 Å². The Morgan fingerprint density at radius 3 is 2.17 bits per heavy atom. The van der Waals surface area contributed by atoms with E-state index in [1.54, 1.807) is 12.1 Å². The van der Waals surface area contributed by atoms with Crippen LogP contribution in [0.15, 0.2) is 48.5 Å². The molecule has 86 valence electrons. The maximum atomic E-state index is 9.41. The first kappa shape index (κ1) is 11.6. The Hall–Kier alpha value is -2.84. The van der Waals surface area contributed by atoms with Gasteiger partial charge < -0.3 is 10.8 Å². The molecule has 2 nitrogen and oxygen atoms in total. The molecule has 2 rings (SSSR count). The molecule has 18 heavy (non-hydrogen) atoms. The fraction of sp³-hybridized carbons (Fsp3) is 0. The lowest BCUT2D eigenvalue weighted by Crippen LogP contribution is -1.85. The van der Waals surface area contributed by atoms with Crippen molar-refractivity contribution in [3.8, 4) is 29.4 Å². The van der Waals surface area contributed by atoms with Gasteiger partial charge in [-0.25, -0.2) is 0 Å². The maximum Gasteiger partial charge on any atom is 0.139 e. The molecule has 2 heteroatoms. The number of phenols is 1. The van der Waals surface area contributed by atoms with E-state index in [4.69, 9.17) is 5.73 Å². The Balaban J connectivity index is 2.14. The molecule has 0 spiro atoms. The Labute approximate surface area is 106 Å². The summed E-state index contributed by atoms with van der Waals surface area (Å²) in [6.45, 7) is 0. The van der Waals surface area contributed by atoms with Crippen LogP contribution in [0.5, 0.6) is 5.75 Å². The largest absolute Gasteiger partial charge is 0.506 e. The predicted molar refractivity (Wildman–Crippen MR) is 72.7 cm³/mol. The number of anilines is 1. The molecule has 0 aromatic heterocycles. The number of nitrogens with two attached hydrogens (primary N) is 1. The molecule has 0 fully saturated rings. The average molecular weight is 233 g/mol. The number of hydrogen-bond acceptors (Lipinski definition) is 2. The number of nitrogen functional groups attached to an aromatic ring is 1. The normalized spacial score (nSPS) is 8.67. The van der Waals surface area contributed by atoms with Crippen molar-refractivity contribution >= 4 is 5.69 Å². The fourth-order valence-electron chi connectivity index (χ4n) is 1.35. The number of phenolic OH excluding ortho intramolecular Hbond substituents is 1. The zero-order valence-electron chi connectivity index (χ0n) is 9.64. The zero-order chi connectivity index (χ0) is 12.8. The third-order valence-electron chi connectivity index (χ3n) is 2.28. The topological polar surface area (TPSA) is 46.2 Å². The molecule has 0 bridgehead atoms. The molecule has 0 aliphatic carbocycles. The van der Waals surface area contributed by atoms with Crippen LogP contribution in [0, 0.1) is 23.7 Å². The van der Waals surface area contributed by atoms with Crippen LogP contribution in [0.3, 0.4) is 0 Å². The number of rotatable bonds is 0. The van der Waals surface area contributed by atoms with Crippen LogP contribution < -0.4 is 5.73 Å². The lowest BCUT2D eigenvalue weighted by atomic mass is 10.2. The molecule has 0 aliphatic heterocycles. The number of hydrogen-bond donors (Lipinski definition) is 2. The molecule has 3 N–H and O–H groups in total. The van der Waals surface area contributed by atoms with Crippen molar-refractivity contribution in [3.63, 3.8) is 0 Å². The second kappa shape index (κ2) is 5.48. The molecular weight excluding hydrogens is 222 g/mol. The first-order chi connectivity index (χ1) is 8.75. The van der Waals surface area contributed by atoms with Gasteiger partial charge in [0.05, 0.1) is 5.69 Å². The quantitative estimate of drug-likeness (QED) is 0.417. The Morgan fingerprint density at radius 1 is 0.833 bits per heavy atom. The van der Waals surface area contributed by atoms with Crippen molar-refractivity contribution in [1.29, 1.82) is 0 Å². The van der Waals surface area contributed by atoms with Crippen LogP contribution in [0.2, 0.25) is 0 Å². The minimum Gasteiger partial charge on any atom is -0.506 e. The number of benzene rings is 2. The molecule has 0 saturated carbocycles. The van der Waals surface area contributed by atoms with Gasteiger partial charge in [-0.3, -0.25) is 0 Å². The van der Waals surface area contributed by atoms with E-state index in [-0.39, 0.29) is 5.75 Å². The molecule has 0 heterocycles. The molecule has 0 aliphatic rings. The summed E-state index contributed by atoms with van der Waals surface area (Å²) >= 11 is 0. The Kier molecular flexibility index (Phi) is 3.54. The summed E-state index contributed by atoms with van der Waals surface area (Å²) in [5.74, 6) is 11.3. The van der Waals surface area contributed by atoms with Gasteiger partial charge in [0.1, 0.15) is 5.75 Å². The van der Waals surface area contributed by atoms with Crippen molar-refractivity contribution in [2.75, 3.05) is 5.73 Å². The molecule has 0 saturated heterocycles. The minimum absolute atomic E-state index is 0.0396. The summed E-state index contributed by atoms with van der Waals surface area (Å²) < 4.78 is 0.